The summed E-state index contributed by atoms with van der Waals surface area (Å²) in [5.41, 5.74) is 1.54. The number of hydrogen-bond acceptors (Lipinski definition) is 4. The highest BCUT2D eigenvalue weighted by Gasteiger charge is 2.08. The van der Waals surface area contributed by atoms with Crippen molar-refractivity contribution in [1.29, 1.82) is 0 Å². The third-order valence-corrected chi connectivity index (χ3v) is 2.83. The van der Waals surface area contributed by atoms with Gasteiger partial charge in [-0.2, -0.15) is 0 Å². The molecule has 0 bridgehead atoms. The molecule has 0 spiro atoms. The Balaban J connectivity index is 2.34. The molecule has 0 amide bonds. The fourth-order valence-corrected chi connectivity index (χ4v) is 1.87. The summed E-state index contributed by atoms with van der Waals surface area (Å²) in [6, 6.07) is 6.61. The van der Waals surface area contributed by atoms with Crippen LogP contribution in [0.5, 0.6) is 0 Å². The molecule has 0 atom stereocenters. The first kappa shape index (κ1) is 14.2. The molecule has 0 aliphatic carbocycles. The second kappa shape index (κ2) is 5.86. The van der Waals surface area contributed by atoms with E-state index >= 15 is 0 Å². The number of anilines is 3. The van der Waals surface area contributed by atoms with Crippen LogP contribution in [0, 0.1) is 12.7 Å². The van der Waals surface area contributed by atoms with Gasteiger partial charge in [0.25, 0.3) is 0 Å². The number of nitrogens with one attached hydrogen (secondary N) is 2. The lowest BCUT2D eigenvalue weighted by atomic mass is 10.2. The van der Waals surface area contributed by atoms with Crippen LogP contribution in [0.1, 0.15) is 31.2 Å². The van der Waals surface area contributed by atoms with Gasteiger partial charge in [-0.1, -0.05) is 13.8 Å². The van der Waals surface area contributed by atoms with Gasteiger partial charge in [0.2, 0.25) is 0 Å². The molecule has 4 nitrogen and oxygen atoms in total. The van der Waals surface area contributed by atoms with Crippen molar-refractivity contribution >= 4 is 17.3 Å². The Labute approximate surface area is 118 Å². The molecule has 106 valence electrons. The third kappa shape index (κ3) is 3.44. The van der Waals surface area contributed by atoms with Crippen LogP contribution in [0.15, 0.2) is 24.3 Å². The Hall–Kier alpha value is -2.17. The van der Waals surface area contributed by atoms with E-state index in [0.717, 1.165) is 17.2 Å². The summed E-state index contributed by atoms with van der Waals surface area (Å²) in [6.45, 7) is 5.92. The number of halogens is 1. The minimum atomic E-state index is -0.264. The molecule has 0 aliphatic rings. The lowest BCUT2D eigenvalue weighted by Gasteiger charge is -2.12. The first-order valence-electron chi connectivity index (χ1n) is 6.59. The number of rotatable bonds is 4. The van der Waals surface area contributed by atoms with E-state index in [4.69, 9.17) is 0 Å². The van der Waals surface area contributed by atoms with Gasteiger partial charge < -0.3 is 10.6 Å². The molecule has 1 heterocycles. The minimum absolute atomic E-state index is 0.220. The maximum absolute atomic E-state index is 13.4. The zero-order valence-corrected chi connectivity index (χ0v) is 12.2. The van der Waals surface area contributed by atoms with Gasteiger partial charge in [-0.3, -0.25) is 0 Å². The van der Waals surface area contributed by atoms with Gasteiger partial charge in [0.1, 0.15) is 23.3 Å². The summed E-state index contributed by atoms with van der Waals surface area (Å²) in [5, 5.41) is 6.13. The van der Waals surface area contributed by atoms with E-state index in [1.165, 1.54) is 12.1 Å². The van der Waals surface area contributed by atoms with Crippen molar-refractivity contribution in [1.82, 2.24) is 9.97 Å². The molecule has 20 heavy (non-hydrogen) atoms. The number of hydrogen-bond donors (Lipinski definition) is 2. The van der Waals surface area contributed by atoms with E-state index in [1.807, 2.05) is 33.9 Å². The number of nitrogens with zero attached hydrogens (tertiary/aromatic N) is 2. The molecule has 0 unspecified atom stereocenters. The van der Waals surface area contributed by atoms with Gasteiger partial charge in [-0.15, -0.1) is 0 Å². The second-order valence-electron chi connectivity index (χ2n) is 5.04. The van der Waals surface area contributed by atoms with Gasteiger partial charge in [-0.25, -0.2) is 14.4 Å². The lowest BCUT2D eigenvalue weighted by Crippen LogP contribution is -2.05. The van der Waals surface area contributed by atoms with E-state index in [2.05, 4.69) is 20.6 Å². The first-order chi connectivity index (χ1) is 9.47. The number of benzene rings is 1. The van der Waals surface area contributed by atoms with Gasteiger partial charge in [0.15, 0.2) is 0 Å². The highest BCUT2D eigenvalue weighted by Crippen LogP contribution is 2.21. The molecule has 2 N–H and O–H groups in total. The maximum atomic E-state index is 13.4. The molecule has 0 fully saturated rings. The standard InChI is InChI=1S/C15H19FN4/c1-9(2)15-19-13(17-4)8-14(20-15)18-12-6-10(3)5-11(16)7-12/h5-9H,1-4H3,(H2,17,18,19,20). The number of aryl methyl sites for hydroxylation is 1. The molecule has 2 aromatic rings. The Bertz CT molecular complexity index is 591. The average molecular weight is 274 g/mol. The highest BCUT2D eigenvalue weighted by molar-refractivity contribution is 5.60. The van der Waals surface area contributed by atoms with Gasteiger partial charge in [-0.05, 0) is 30.7 Å². The van der Waals surface area contributed by atoms with Crippen LogP contribution in [-0.2, 0) is 0 Å². The smallest absolute Gasteiger partial charge is 0.136 e. The fraction of sp³-hybridized carbons (Fsp3) is 0.333. The molecule has 0 aliphatic heterocycles. The Morgan fingerprint density at radius 2 is 1.75 bits per heavy atom. The van der Waals surface area contributed by atoms with Crippen LogP contribution < -0.4 is 10.6 Å². The van der Waals surface area contributed by atoms with Crippen molar-refractivity contribution in [2.24, 2.45) is 0 Å². The normalized spacial score (nSPS) is 10.7. The average Bonchev–Trinajstić information content (AvgIpc) is 2.36. The summed E-state index contributed by atoms with van der Waals surface area (Å²) >= 11 is 0. The fourth-order valence-electron chi connectivity index (χ4n) is 1.87. The molecule has 0 saturated heterocycles. The monoisotopic (exact) mass is 274 g/mol. The topological polar surface area (TPSA) is 49.8 Å². The van der Waals surface area contributed by atoms with E-state index in [-0.39, 0.29) is 11.7 Å². The zero-order valence-electron chi connectivity index (χ0n) is 12.2. The second-order valence-corrected chi connectivity index (χ2v) is 5.04. The largest absolute Gasteiger partial charge is 0.373 e. The van der Waals surface area contributed by atoms with Crippen molar-refractivity contribution in [2.45, 2.75) is 26.7 Å². The summed E-state index contributed by atoms with van der Waals surface area (Å²) in [4.78, 5) is 8.84. The molecule has 0 radical (unpaired) electrons. The van der Waals surface area contributed by atoms with Crippen LogP contribution in [0.2, 0.25) is 0 Å². The number of aromatic nitrogens is 2. The molecule has 2 rings (SSSR count). The van der Waals surface area contributed by atoms with Crippen molar-refractivity contribution in [3.8, 4) is 0 Å². The molecular weight excluding hydrogens is 255 g/mol. The van der Waals surface area contributed by atoms with E-state index in [9.17, 15) is 4.39 Å². The maximum Gasteiger partial charge on any atom is 0.136 e. The Kier molecular flexibility index (Phi) is 4.17. The van der Waals surface area contributed by atoms with E-state index in [0.29, 0.717) is 11.5 Å². The molecular formula is C15H19FN4. The molecule has 5 heteroatoms. The quantitative estimate of drug-likeness (QED) is 0.889. The van der Waals surface area contributed by atoms with Crippen LogP contribution in [-0.4, -0.2) is 17.0 Å². The molecule has 1 aromatic carbocycles. The summed E-state index contributed by atoms with van der Waals surface area (Å²) in [7, 11) is 1.81. The van der Waals surface area contributed by atoms with E-state index in [1.54, 1.807) is 6.07 Å². The zero-order chi connectivity index (χ0) is 14.7. The molecule has 0 saturated carbocycles. The van der Waals surface area contributed by atoms with Crippen molar-refractivity contribution in [2.75, 3.05) is 17.7 Å². The minimum Gasteiger partial charge on any atom is -0.373 e. The third-order valence-electron chi connectivity index (χ3n) is 2.83. The predicted octanol–water partition coefficient (Wildman–Crippen LogP) is 3.83. The lowest BCUT2D eigenvalue weighted by molar-refractivity contribution is 0.627. The van der Waals surface area contributed by atoms with Crippen LogP contribution in [0.4, 0.5) is 21.7 Å². The first-order valence-corrected chi connectivity index (χ1v) is 6.59. The van der Waals surface area contributed by atoms with E-state index < -0.39 is 0 Å². The molecule has 1 aromatic heterocycles. The van der Waals surface area contributed by atoms with Gasteiger partial charge >= 0.3 is 0 Å². The Morgan fingerprint density at radius 1 is 1.05 bits per heavy atom. The van der Waals surface area contributed by atoms with Gasteiger partial charge in [0, 0.05) is 24.7 Å². The Morgan fingerprint density at radius 3 is 2.35 bits per heavy atom. The summed E-state index contributed by atoms with van der Waals surface area (Å²) < 4.78 is 13.4. The predicted molar refractivity (Wildman–Crippen MR) is 80.1 cm³/mol. The summed E-state index contributed by atoms with van der Waals surface area (Å²) in [5.74, 6) is 2.09. The van der Waals surface area contributed by atoms with Crippen LogP contribution in [0.3, 0.4) is 0 Å². The van der Waals surface area contributed by atoms with Crippen molar-refractivity contribution in [3.05, 3.63) is 41.5 Å². The SMILES string of the molecule is CNc1cc(Nc2cc(C)cc(F)c2)nc(C(C)C)n1. The van der Waals surface area contributed by atoms with Crippen molar-refractivity contribution < 1.29 is 4.39 Å². The van der Waals surface area contributed by atoms with Crippen molar-refractivity contribution in [3.63, 3.8) is 0 Å². The van der Waals surface area contributed by atoms with Crippen LogP contribution in [0.25, 0.3) is 0 Å². The van der Waals surface area contributed by atoms with Crippen LogP contribution >= 0.6 is 0 Å². The van der Waals surface area contributed by atoms with Gasteiger partial charge in [0.05, 0.1) is 0 Å². The highest BCUT2D eigenvalue weighted by atomic mass is 19.1. The summed E-state index contributed by atoms with van der Waals surface area (Å²) in [6.07, 6.45) is 0.